The molecule has 1 saturated heterocycles. The SMILES string of the molecule is O=C(OCC(=O)N1N=C(c2ccc(Cl)cc2)CC1c1ccco1)c1cccc(S(=O)(=O)N2CCOCC2)c1. The quantitative estimate of drug-likeness (QED) is 0.408. The first-order valence-electron chi connectivity index (χ1n) is 11.9. The zero-order valence-corrected chi connectivity index (χ0v) is 21.7. The fraction of sp³-hybridized carbons (Fsp3) is 0.269. The van der Waals surface area contributed by atoms with Gasteiger partial charge in [-0.15, -0.1) is 0 Å². The highest BCUT2D eigenvalue weighted by Crippen LogP contribution is 2.33. The second kappa shape index (κ2) is 11.1. The van der Waals surface area contributed by atoms with E-state index in [1.807, 2.05) is 12.1 Å². The molecule has 5 rings (SSSR count). The molecule has 0 N–H and O–H groups in total. The molecule has 1 aromatic heterocycles. The highest BCUT2D eigenvalue weighted by atomic mass is 35.5. The van der Waals surface area contributed by atoms with E-state index in [9.17, 15) is 18.0 Å². The van der Waals surface area contributed by atoms with Crippen molar-refractivity contribution in [3.63, 3.8) is 0 Å². The Morgan fingerprint density at radius 2 is 1.82 bits per heavy atom. The molecule has 198 valence electrons. The number of nitrogens with zero attached hydrogens (tertiary/aromatic N) is 3. The molecule has 0 aliphatic carbocycles. The third-order valence-electron chi connectivity index (χ3n) is 6.22. The summed E-state index contributed by atoms with van der Waals surface area (Å²) in [6.45, 7) is 0.489. The van der Waals surface area contributed by atoms with Crippen LogP contribution in [0.3, 0.4) is 0 Å². The predicted molar refractivity (Wildman–Crippen MR) is 137 cm³/mol. The standard InChI is InChI=1S/C26H24ClN3O7S/c27-20-8-6-18(7-9-20)22-16-23(24-5-2-12-36-24)30(28-22)25(31)17-37-26(32)19-3-1-4-21(15-19)38(33,34)29-10-13-35-14-11-29/h1-9,12,15,23H,10-11,13-14,16-17H2. The van der Waals surface area contributed by atoms with E-state index >= 15 is 0 Å². The van der Waals surface area contributed by atoms with Gasteiger partial charge in [0, 0.05) is 24.5 Å². The number of amides is 1. The van der Waals surface area contributed by atoms with Gasteiger partial charge in [0.1, 0.15) is 11.8 Å². The summed E-state index contributed by atoms with van der Waals surface area (Å²) >= 11 is 5.99. The van der Waals surface area contributed by atoms with Crippen molar-refractivity contribution in [1.82, 2.24) is 9.31 Å². The maximum Gasteiger partial charge on any atom is 0.338 e. The molecule has 2 aromatic carbocycles. The summed E-state index contributed by atoms with van der Waals surface area (Å²) in [5.74, 6) is -0.841. The molecule has 3 aromatic rings. The molecule has 1 fully saturated rings. The van der Waals surface area contributed by atoms with Gasteiger partial charge >= 0.3 is 5.97 Å². The average Bonchev–Trinajstić information content (AvgIpc) is 3.63. The monoisotopic (exact) mass is 557 g/mol. The fourth-order valence-corrected chi connectivity index (χ4v) is 5.84. The van der Waals surface area contributed by atoms with Gasteiger partial charge in [-0.25, -0.2) is 18.2 Å². The number of carbonyl (C=O) groups excluding carboxylic acids is 2. The molecule has 1 atom stereocenters. The van der Waals surface area contributed by atoms with Crippen LogP contribution in [-0.2, 0) is 24.3 Å². The van der Waals surface area contributed by atoms with Crippen LogP contribution >= 0.6 is 11.6 Å². The van der Waals surface area contributed by atoms with E-state index in [0.717, 1.165) is 5.56 Å². The number of ether oxygens (including phenoxy) is 2. The average molecular weight is 558 g/mol. The smallest absolute Gasteiger partial charge is 0.338 e. The predicted octanol–water partition coefficient (Wildman–Crippen LogP) is 3.49. The molecule has 1 amide bonds. The van der Waals surface area contributed by atoms with Crippen molar-refractivity contribution in [1.29, 1.82) is 0 Å². The Labute approximate surface area is 224 Å². The van der Waals surface area contributed by atoms with Crippen molar-refractivity contribution in [3.05, 3.63) is 88.8 Å². The number of furan rings is 1. The number of hydrogen-bond donors (Lipinski definition) is 0. The Balaban J connectivity index is 1.29. The summed E-state index contributed by atoms with van der Waals surface area (Å²) in [6.07, 6.45) is 1.91. The van der Waals surface area contributed by atoms with E-state index in [4.69, 9.17) is 25.5 Å². The van der Waals surface area contributed by atoms with E-state index in [-0.39, 0.29) is 23.5 Å². The second-order valence-corrected chi connectivity index (χ2v) is 11.0. The number of halogens is 1. The molecular formula is C26H24ClN3O7S. The maximum absolute atomic E-state index is 13.1. The lowest BCUT2D eigenvalue weighted by Gasteiger charge is -2.26. The van der Waals surface area contributed by atoms with Crippen LogP contribution in [0, 0.1) is 0 Å². The Kier molecular flexibility index (Phi) is 7.61. The van der Waals surface area contributed by atoms with Crippen molar-refractivity contribution < 1.29 is 31.9 Å². The lowest BCUT2D eigenvalue weighted by molar-refractivity contribution is -0.136. The number of hydrazone groups is 1. The Morgan fingerprint density at radius 3 is 2.53 bits per heavy atom. The highest BCUT2D eigenvalue weighted by Gasteiger charge is 2.35. The minimum absolute atomic E-state index is 0.0153. The van der Waals surface area contributed by atoms with Gasteiger partial charge in [-0.05, 0) is 48.0 Å². The summed E-state index contributed by atoms with van der Waals surface area (Å²) in [7, 11) is -3.80. The molecule has 0 radical (unpaired) electrons. The van der Waals surface area contributed by atoms with Gasteiger partial charge in [0.25, 0.3) is 5.91 Å². The zero-order chi connectivity index (χ0) is 26.7. The number of benzene rings is 2. The largest absolute Gasteiger partial charge is 0.467 e. The van der Waals surface area contributed by atoms with Crippen molar-refractivity contribution in [2.24, 2.45) is 5.10 Å². The number of carbonyl (C=O) groups is 2. The molecule has 2 aliphatic heterocycles. The molecule has 0 bridgehead atoms. The molecule has 10 nitrogen and oxygen atoms in total. The Morgan fingerprint density at radius 1 is 1.05 bits per heavy atom. The minimum atomic E-state index is -3.80. The maximum atomic E-state index is 13.1. The Hall–Kier alpha value is -3.51. The van der Waals surface area contributed by atoms with Gasteiger partial charge in [0.15, 0.2) is 6.61 Å². The van der Waals surface area contributed by atoms with Crippen molar-refractivity contribution in [2.45, 2.75) is 17.4 Å². The molecule has 2 aliphatic rings. The third-order valence-corrected chi connectivity index (χ3v) is 8.37. The van der Waals surface area contributed by atoms with Crippen LogP contribution in [0.1, 0.15) is 34.1 Å². The van der Waals surface area contributed by atoms with E-state index in [0.29, 0.717) is 36.1 Å². The zero-order valence-electron chi connectivity index (χ0n) is 20.2. The molecule has 38 heavy (non-hydrogen) atoms. The summed E-state index contributed by atoms with van der Waals surface area (Å²) in [5, 5.41) is 6.31. The summed E-state index contributed by atoms with van der Waals surface area (Å²) in [4.78, 5) is 25.8. The molecule has 12 heteroatoms. The minimum Gasteiger partial charge on any atom is -0.467 e. The topological polar surface area (TPSA) is 119 Å². The van der Waals surface area contributed by atoms with Gasteiger partial charge in [-0.2, -0.15) is 9.41 Å². The van der Waals surface area contributed by atoms with E-state index in [1.165, 1.54) is 39.8 Å². The molecule has 1 unspecified atom stereocenters. The highest BCUT2D eigenvalue weighted by molar-refractivity contribution is 7.89. The fourth-order valence-electron chi connectivity index (χ4n) is 4.26. The summed E-state index contributed by atoms with van der Waals surface area (Å²) in [6, 6.07) is 15.6. The number of morpholine rings is 1. The van der Waals surface area contributed by atoms with Gasteiger partial charge in [0.05, 0.1) is 35.6 Å². The third kappa shape index (κ3) is 5.51. The first-order valence-corrected chi connectivity index (χ1v) is 13.7. The van der Waals surface area contributed by atoms with Crippen LogP contribution in [-0.4, -0.2) is 68.2 Å². The summed E-state index contributed by atoms with van der Waals surface area (Å²) < 4.78 is 43.2. The van der Waals surface area contributed by atoms with Crippen LogP contribution in [0.5, 0.6) is 0 Å². The van der Waals surface area contributed by atoms with Gasteiger partial charge in [0.2, 0.25) is 10.0 Å². The van der Waals surface area contributed by atoms with Gasteiger partial charge < -0.3 is 13.9 Å². The molecule has 0 saturated carbocycles. The lowest BCUT2D eigenvalue weighted by atomic mass is 10.0. The van der Waals surface area contributed by atoms with Crippen molar-refractivity contribution >= 4 is 39.2 Å². The van der Waals surface area contributed by atoms with Crippen LogP contribution in [0.4, 0.5) is 0 Å². The first-order chi connectivity index (χ1) is 18.3. The summed E-state index contributed by atoms with van der Waals surface area (Å²) in [5.41, 5.74) is 1.47. The van der Waals surface area contributed by atoms with Crippen molar-refractivity contribution in [3.8, 4) is 0 Å². The number of esters is 1. The van der Waals surface area contributed by atoms with E-state index < -0.39 is 34.5 Å². The van der Waals surface area contributed by atoms with Crippen LogP contribution in [0.25, 0.3) is 0 Å². The first kappa shape index (κ1) is 26.1. The number of sulfonamides is 1. The van der Waals surface area contributed by atoms with Crippen LogP contribution in [0.2, 0.25) is 5.02 Å². The molecular weight excluding hydrogens is 534 g/mol. The van der Waals surface area contributed by atoms with Gasteiger partial charge in [-0.3, -0.25) is 4.79 Å². The normalized spacial score (nSPS) is 18.3. The molecule has 0 spiro atoms. The number of hydrogen-bond acceptors (Lipinski definition) is 8. The Bertz CT molecular complexity index is 1450. The van der Waals surface area contributed by atoms with E-state index in [2.05, 4.69) is 5.10 Å². The second-order valence-electron chi connectivity index (χ2n) is 8.65. The number of rotatable bonds is 7. The van der Waals surface area contributed by atoms with Crippen LogP contribution in [0.15, 0.2) is 81.3 Å². The van der Waals surface area contributed by atoms with E-state index in [1.54, 1.807) is 24.3 Å². The molecule has 3 heterocycles. The van der Waals surface area contributed by atoms with Crippen LogP contribution < -0.4 is 0 Å². The van der Waals surface area contributed by atoms with Gasteiger partial charge in [-0.1, -0.05) is 29.8 Å². The van der Waals surface area contributed by atoms with Crippen molar-refractivity contribution in [2.75, 3.05) is 32.9 Å². The lowest BCUT2D eigenvalue weighted by Crippen LogP contribution is -2.40.